The van der Waals surface area contributed by atoms with Crippen LogP contribution < -0.4 is 16.6 Å². The molecule has 23 heavy (non-hydrogen) atoms. The van der Waals surface area contributed by atoms with E-state index in [-0.39, 0.29) is 12.1 Å². The van der Waals surface area contributed by atoms with Crippen LogP contribution in [0.15, 0.2) is 40.5 Å². The zero-order valence-corrected chi connectivity index (χ0v) is 12.5. The highest BCUT2D eigenvalue weighted by atomic mass is 32.1. The van der Waals surface area contributed by atoms with Gasteiger partial charge in [0, 0.05) is 0 Å². The van der Waals surface area contributed by atoms with Crippen molar-refractivity contribution < 1.29 is 9.59 Å². The SMILES string of the molecule is NC(=O)c1ccsc1NC(=O)Cn1nnc2ccccc2c1=O. The van der Waals surface area contributed by atoms with Crippen LogP contribution in [0.3, 0.4) is 0 Å². The summed E-state index contributed by atoms with van der Waals surface area (Å²) in [6, 6.07) is 8.25. The first-order valence-corrected chi connectivity index (χ1v) is 7.44. The number of amides is 2. The molecule has 8 nitrogen and oxygen atoms in total. The van der Waals surface area contributed by atoms with Crippen LogP contribution in [0.5, 0.6) is 0 Å². The van der Waals surface area contributed by atoms with Gasteiger partial charge in [0.2, 0.25) is 5.91 Å². The van der Waals surface area contributed by atoms with E-state index in [1.807, 2.05) is 0 Å². The van der Waals surface area contributed by atoms with Gasteiger partial charge in [-0.25, -0.2) is 4.68 Å². The summed E-state index contributed by atoms with van der Waals surface area (Å²) in [6.07, 6.45) is 0. The molecule has 1 aromatic carbocycles. The molecule has 0 unspecified atom stereocenters. The number of carbonyl (C=O) groups is 2. The molecular weight excluding hydrogens is 318 g/mol. The minimum atomic E-state index is -0.635. The summed E-state index contributed by atoms with van der Waals surface area (Å²) in [4.78, 5) is 35.5. The molecule has 3 rings (SSSR count). The van der Waals surface area contributed by atoms with Gasteiger partial charge in [0.15, 0.2) is 0 Å². The maximum atomic E-state index is 12.3. The lowest BCUT2D eigenvalue weighted by Crippen LogP contribution is -2.30. The predicted octanol–water partition coefficient (Wildman–Crippen LogP) is 0.591. The third kappa shape index (κ3) is 2.94. The largest absolute Gasteiger partial charge is 0.366 e. The molecule has 0 spiro atoms. The van der Waals surface area contributed by atoms with Gasteiger partial charge in [-0.3, -0.25) is 14.4 Å². The van der Waals surface area contributed by atoms with Crippen molar-refractivity contribution >= 4 is 39.1 Å². The highest BCUT2D eigenvalue weighted by Crippen LogP contribution is 2.22. The van der Waals surface area contributed by atoms with Gasteiger partial charge in [-0.15, -0.1) is 16.4 Å². The number of anilines is 1. The summed E-state index contributed by atoms with van der Waals surface area (Å²) in [7, 11) is 0. The Labute approximate surface area is 133 Å². The van der Waals surface area contributed by atoms with E-state index in [2.05, 4.69) is 15.6 Å². The molecule has 9 heteroatoms. The van der Waals surface area contributed by atoms with E-state index in [1.54, 1.807) is 29.6 Å². The molecular formula is C14H11N5O3S. The van der Waals surface area contributed by atoms with Gasteiger partial charge in [0.05, 0.1) is 10.9 Å². The number of fused-ring (bicyclic) bond motifs is 1. The van der Waals surface area contributed by atoms with Crippen molar-refractivity contribution in [1.82, 2.24) is 15.0 Å². The number of thiophene rings is 1. The number of primary amides is 1. The van der Waals surface area contributed by atoms with Crippen LogP contribution in [0.4, 0.5) is 5.00 Å². The Morgan fingerprint density at radius 3 is 2.83 bits per heavy atom. The summed E-state index contributed by atoms with van der Waals surface area (Å²) in [5.41, 5.74) is 5.49. The van der Waals surface area contributed by atoms with Crippen molar-refractivity contribution in [1.29, 1.82) is 0 Å². The Bertz CT molecular complexity index is 962. The smallest absolute Gasteiger partial charge is 0.278 e. The Kier molecular flexibility index (Phi) is 3.85. The minimum Gasteiger partial charge on any atom is -0.366 e. The van der Waals surface area contributed by atoms with Crippen molar-refractivity contribution in [3.05, 3.63) is 51.6 Å². The fraction of sp³-hybridized carbons (Fsp3) is 0.0714. The van der Waals surface area contributed by atoms with Crippen LogP contribution >= 0.6 is 11.3 Å². The van der Waals surface area contributed by atoms with Crippen LogP contribution in [0.2, 0.25) is 0 Å². The standard InChI is InChI=1S/C14H11N5O3S/c15-12(21)9-5-6-23-13(9)16-11(20)7-19-14(22)8-3-1-2-4-10(8)17-18-19/h1-6H,7H2,(H2,15,21)(H,16,20). The average Bonchev–Trinajstić information content (AvgIpc) is 2.98. The Morgan fingerprint density at radius 1 is 1.26 bits per heavy atom. The molecule has 0 radical (unpaired) electrons. The Morgan fingerprint density at radius 2 is 2.04 bits per heavy atom. The molecule has 2 amide bonds. The number of nitrogens with two attached hydrogens (primary N) is 1. The first-order valence-electron chi connectivity index (χ1n) is 6.56. The third-order valence-corrected chi connectivity index (χ3v) is 3.94. The Hall–Kier alpha value is -3.07. The zero-order chi connectivity index (χ0) is 16.4. The van der Waals surface area contributed by atoms with E-state index in [1.165, 1.54) is 17.4 Å². The topological polar surface area (TPSA) is 120 Å². The second-order valence-corrected chi connectivity index (χ2v) is 5.56. The zero-order valence-electron chi connectivity index (χ0n) is 11.7. The fourth-order valence-corrected chi connectivity index (χ4v) is 2.84. The molecule has 0 saturated carbocycles. The van der Waals surface area contributed by atoms with Crippen molar-refractivity contribution in [3.63, 3.8) is 0 Å². The van der Waals surface area contributed by atoms with Crippen LogP contribution in [0, 0.1) is 0 Å². The van der Waals surface area contributed by atoms with Gasteiger partial charge in [-0.05, 0) is 23.6 Å². The number of hydrogen-bond donors (Lipinski definition) is 2. The highest BCUT2D eigenvalue weighted by molar-refractivity contribution is 7.14. The van der Waals surface area contributed by atoms with Gasteiger partial charge >= 0.3 is 0 Å². The maximum Gasteiger partial charge on any atom is 0.278 e. The van der Waals surface area contributed by atoms with Crippen molar-refractivity contribution in [2.24, 2.45) is 5.73 Å². The van der Waals surface area contributed by atoms with Gasteiger partial charge < -0.3 is 11.1 Å². The first-order chi connectivity index (χ1) is 11.1. The van der Waals surface area contributed by atoms with Gasteiger partial charge in [0.1, 0.15) is 17.1 Å². The molecule has 0 saturated heterocycles. The van der Waals surface area contributed by atoms with E-state index in [9.17, 15) is 14.4 Å². The number of hydrogen-bond acceptors (Lipinski definition) is 6. The lowest BCUT2D eigenvalue weighted by Gasteiger charge is -2.06. The predicted molar refractivity (Wildman–Crippen MR) is 85.3 cm³/mol. The fourth-order valence-electron chi connectivity index (χ4n) is 2.03. The van der Waals surface area contributed by atoms with Gasteiger partial charge in [-0.2, -0.15) is 0 Å². The number of nitrogens with zero attached hydrogens (tertiary/aromatic N) is 3. The molecule has 0 bridgehead atoms. The molecule has 2 heterocycles. The van der Waals surface area contributed by atoms with E-state index in [0.29, 0.717) is 15.9 Å². The van der Waals surface area contributed by atoms with E-state index >= 15 is 0 Å². The van der Waals surface area contributed by atoms with E-state index in [0.717, 1.165) is 4.68 Å². The maximum absolute atomic E-state index is 12.3. The lowest BCUT2D eigenvalue weighted by atomic mass is 10.2. The van der Waals surface area contributed by atoms with E-state index in [4.69, 9.17) is 5.73 Å². The average molecular weight is 329 g/mol. The van der Waals surface area contributed by atoms with E-state index < -0.39 is 17.4 Å². The highest BCUT2D eigenvalue weighted by Gasteiger charge is 2.14. The normalized spacial score (nSPS) is 10.6. The summed E-state index contributed by atoms with van der Waals surface area (Å²) in [5.74, 6) is -1.13. The number of rotatable bonds is 4. The number of benzene rings is 1. The lowest BCUT2D eigenvalue weighted by molar-refractivity contribution is -0.117. The molecule has 0 fully saturated rings. The van der Waals surface area contributed by atoms with Crippen LogP contribution in [-0.2, 0) is 11.3 Å². The number of aromatic nitrogens is 3. The van der Waals surface area contributed by atoms with Crippen molar-refractivity contribution in [2.45, 2.75) is 6.54 Å². The Balaban J connectivity index is 1.83. The summed E-state index contributed by atoms with van der Waals surface area (Å²) < 4.78 is 0.967. The summed E-state index contributed by atoms with van der Waals surface area (Å²) >= 11 is 1.17. The number of carbonyl (C=O) groups excluding carboxylic acids is 2. The molecule has 0 atom stereocenters. The van der Waals surface area contributed by atoms with Crippen molar-refractivity contribution in [2.75, 3.05) is 5.32 Å². The van der Waals surface area contributed by atoms with Gasteiger partial charge in [0.25, 0.3) is 11.5 Å². The van der Waals surface area contributed by atoms with Crippen LogP contribution in [0.1, 0.15) is 10.4 Å². The molecule has 0 aliphatic carbocycles. The van der Waals surface area contributed by atoms with Crippen molar-refractivity contribution in [3.8, 4) is 0 Å². The molecule has 3 N–H and O–H groups in total. The third-order valence-electron chi connectivity index (χ3n) is 3.11. The quantitative estimate of drug-likeness (QED) is 0.726. The van der Waals surface area contributed by atoms with Crippen LogP contribution in [0.25, 0.3) is 10.9 Å². The van der Waals surface area contributed by atoms with Gasteiger partial charge in [-0.1, -0.05) is 17.3 Å². The molecule has 2 aromatic heterocycles. The molecule has 0 aliphatic rings. The van der Waals surface area contributed by atoms with Crippen LogP contribution in [-0.4, -0.2) is 26.8 Å². The molecule has 116 valence electrons. The minimum absolute atomic E-state index is 0.222. The molecule has 0 aliphatic heterocycles. The second kappa shape index (κ2) is 5.97. The summed E-state index contributed by atoms with van der Waals surface area (Å²) in [5, 5.41) is 12.5. The molecule has 3 aromatic rings. The number of nitrogens with one attached hydrogen (secondary N) is 1. The summed E-state index contributed by atoms with van der Waals surface area (Å²) in [6.45, 7) is -0.313. The monoisotopic (exact) mass is 329 g/mol. The first kappa shape index (κ1) is 14.9. The second-order valence-electron chi connectivity index (χ2n) is 4.65.